The third kappa shape index (κ3) is 3.28. The second-order valence-electron chi connectivity index (χ2n) is 4.19. The van der Waals surface area contributed by atoms with Crippen LogP contribution in [0, 0.1) is 0 Å². The van der Waals surface area contributed by atoms with Gasteiger partial charge in [0.15, 0.2) is 0 Å². The summed E-state index contributed by atoms with van der Waals surface area (Å²) in [6.07, 6.45) is 5.42. The largest absolute Gasteiger partial charge is 0.314 e. The van der Waals surface area contributed by atoms with Gasteiger partial charge in [-0.15, -0.1) is 0 Å². The van der Waals surface area contributed by atoms with Crippen molar-refractivity contribution >= 4 is 0 Å². The summed E-state index contributed by atoms with van der Waals surface area (Å²) in [5.41, 5.74) is 1.19. The zero-order valence-corrected chi connectivity index (χ0v) is 10.4. The first-order chi connectivity index (χ1) is 8.77. The lowest BCUT2D eigenvalue weighted by atomic mass is 10.1. The molecule has 1 atom stereocenters. The molecule has 4 heteroatoms. The molecule has 2 aromatic heterocycles. The van der Waals surface area contributed by atoms with E-state index in [2.05, 4.69) is 17.2 Å². The van der Waals surface area contributed by atoms with Crippen LogP contribution in [0.4, 0.5) is 0 Å². The zero-order valence-electron chi connectivity index (χ0n) is 10.4. The molecule has 2 heterocycles. The lowest BCUT2D eigenvalue weighted by Crippen LogP contribution is -2.27. The van der Waals surface area contributed by atoms with Gasteiger partial charge < -0.3 is 9.88 Å². The Kier molecular flexibility index (Phi) is 4.25. The van der Waals surface area contributed by atoms with Crippen LogP contribution in [0.2, 0.25) is 0 Å². The topological polar surface area (TPSA) is 46.9 Å². The molecule has 0 saturated carbocycles. The van der Waals surface area contributed by atoms with Crippen molar-refractivity contribution in [3.05, 3.63) is 64.8 Å². The summed E-state index contributed by atoms with van der Waals surface area (Å²) in [6.45, 7) is 3.51. The Labute approximate surface area is 106 Å². The highest BCUT2D eigenvalue weighted by Gasteiger charge is 2.03. The number of hydrogen-bond acceptors (Lipinski definition) is 3. The number of hydrogen-bond donors (Lipinski definition) is 1. The fraction of sp³-hybridized carbons (Fsp3) is 0.286. The van der Waals surface area contributed by atoms with Crippen LogP contribution in [-0.2, 0) is 6.54 Å². The maximum absolute atomic E-state index is 11.5. The van der Waals surface area contributed by atoms with Gasteiger partial charge in [-0.25, -0.2) is 0 Å². The standard InChI is InChI=1S/C14H17N3O/c1-12(13-5-4-7-15-11-13)16-8-10-17-9-3-2-6-14(17)18/h2-7,9,11-12,16H,8,10H2,1H3. The number of aromatic nitrogens is 2. The zero-order chi connectivity index (χ0) is 12.8. The summed E-state index contributed by atoms with van der Waals surface area (Å²) in [7, 11) is 0. The Bertz CT molecular complexity index is 536. The molecule has 0 aliphatic carbocycles. The highest BCUT2D eigenvalue weighted by molar-refractivity contribution is 5.12. The molecule has 2 aromatic rings. The summed E-state index contributed by atoms with van der Waals surface area (Å²) in [5.74, 6) is 0. The molecule has 94 valence electrons. The van der Waals surface area contributed by atoms with Crippen LogP contribution in [0.1, 0.15) is 18.5 Å². The van der Waals surface area contributed by atoms with Crippen molar-refractivity contribution in [2.24, 2.45) is 0 Å². The first kappa shape index (κ1) is 12.5. The summed E-state index contributed by atoms with van der Waals surface area (Å²) in [6, 6.07) is 9.40. The third-order valence-corrected chi connectivity index (χ3v) is 2.89. The van der Waals surface area contributed by atoms with E-state index in [1.54, 1.807) is 29.1 Å². The number of nitrogens with zero attached hydrogens (tertiary/aromatic N) is 2. The first-order valence-corrected chi connectivity index (χ1v) is 6.06. The van der Waals surface area contributed by atoms with Crippen molar-refractivity contribution in [2.75, 3.05) is 6.54 Å². The van der Waals surface area contributed by atoms with Crippen molar-refractivity contribution in [2.45, 2.75) is 19.5 Å². The molecule has 0 saturated heterocycles. The van der Waals surface area contributed by atoms with Crippen LogP contribution in [0.3, 0.4) is 0 Å². The van der Waals surface area contributed by atoms with E-state index in [1.165, 1.54) is 0 Å². The highest BCUT2D eigenvalue weighted by atomic mass is 16.1. The molecular weight excluding hydrogens is 226 g/mol. The number of rotatable bonds is 5. The number of nitrogens with one attached hydrogen (secondary N) is 1. The van der Waals surface area contributed by atoms with Gasteiger partial charge in [-0.1, -0.05) is 12.1 Å². The summed E-state index contributed by atoms with van der Waals surface area (Å²) < 4.78 is 1.70. The Morgan fingerprint density at radius 3 is 2.94 bits per heavy atom. The monoisotopic (exact) mass is 243 g/mol. The van der Waals surface area contributed by atoms with E-state index >= 15 is 0 Å². The Balaban J connectivity index is 1.86. The van der Waals surface area contributed by atoms with E-state index in [-0.39, 0.29) is 11.6 Å². The molecular formula is C14H17N3O. The van der Waals surface area contributed by atoms with Crippen molar-refractivity contribution in [1.82, 2.24) is 14.9 Å². The van der Waals surface area contributed by atoms with Gasteiger partial charge in [0.05, 0.1) is 0 Å². The summed E-state index contributed by atoms with van der Waals surface area (Å²) >= 11 is 0. The van der Waals surface area contributed by atoms with E-state index in [9.17, 15) is 4.79 Å². The van der Waals surface area contributed by atoms with Crippen LogP contribution in [0.5, 0.6) is 0 Å². The molecule has 1 N–H and O–H groups in total. The number of pyridine rings is 2. The van der Waals surface area contributed by atoms with E-state index in [0.717, 1.165) is 12.1 Å². The fourth-order valence-electron chi connectivity index (χ4n) is 1.80. The summed E-state index contributed by atoms with van der Waals surface area (Å²) in [5, 5.41) is 3.37. The molecule has 18 heavy (non-hydrogen) atoms. The average Bonchev–Trinajstić information content (AvgIpc) is 2.42. The molecule has 0 amide bonds. The molecule has 0 radical (unpaired) electrons. The molecule has 0 bridgehead atoms. The van der Waals surface area contributed by atoms with Crippen LogP contribution in [0.15, 0.2) is 53.7 Å². The van der Waals surface area contributed by atoms with E-state index in [4.69, 9.17) is 0 Å². The summed E-state index contributed by atoms with van der Waals surface area (Å²) in [4.78, 5) is 15.6. The minimum Gasteiger partial charge on any atom is -0.314 e. The van der Waals surface area contributed by atoms with Crippen LogP contribution >= 0.6 is 0 Å². The predicted octanol–water partition coefficient (Wildman–Crippen LogP) is 1.59. The fourth-order valence-corrected chi connectivity index (χ4v) is 1.80. The van der Waals surface area contributed by atoms with Gasteiger partial charge in [0.25, 0.3) is 5.56 Å². The van der Waals surface area contributed by atoms with Crippen LogP contribution < -0.4 is 10.9 Å². The molecule has 1 unspecified atom stereocenters. The van der Waals surface area contributed by atoms with Gasteiger partial charge in [0.2, 0.25) is 0 Å². The van der Waals surface area contributed by atoms with Gasteiger partial charge in [0, 0.05) is 43.8 Å². The van der Waals surface area contributed by atoms with E-state index in [0.29, 0.717) is 6.54 Å². The lowest BCUT2D eigenvalue weighted by molar-refractivity contribution is 0.524. The molecule has 2 rings (SSSR count). The second kappa shape index (κ2) is 6.12. The Morgan fingerprint density at radius 1 is 1.33 bits per heavy atom. The predicted molar refractivity (Wildman–Crippen MR) is 71.4 cm³/mol. The molecule has 0 aliphatic rings. The lowest BCUT2D eigenvalue weighted by Gasteiger charge is -2.14. The van der Waals surface area contributed by atoms with Gasteiger partial charge in [-0.2, -0.15) is 0 Å². The van der Waals surface area contributed by atoms with Gasteiger partial charge >= 0.3 is 0 Å². The molecule has 0 spiro atoms. The quantitative estimate of drug-likeness (QED) is 0.867. The maximum Gasteiger partial charge on any atom is 0.250 e. The minimum atomic E-state index is 0.0355. The van der Waals surface area contributed by atoms with Crippen molar-refractivity contribution in [3.8, 4) is 0 Å². The van der Waals surface area contributed by atoms with Crippen molar-refractivity contribution in [3.63, 3.8) is 0 Å². The van der Waals surface area contributed by atoms with Gasteiger partial charge in [-0.3, -0.25) is 9.78 Å². The van der Waals surface area contributed by atoms with Crippen LogP contribution in [0.25, 0.3) is 0 Å². The van der Waals surface area contributed by atoms with Crippen LogP contribution in [-0.4, -0.2) is 16.1 Å². The Morgan fingerprint density at radius 2 is 2.22 bits per heavy atom. The molecule has 4 nitrogen and oxygen atoms in total. The SMILES string of the molecule is CC(NCCn1ccccc1=O)c1cccnc1. The van der Waals surface area contributed by atoms with E-state index in [1.807, 2.05) is 24.4 Å². The van der Waals surface area contributed by atoms with Crippen molar-refractivity contribution < 1.29 is 0 Å². The second-order valence-corrected chi connectivity index (χ2v) is 4.19. The van der Waals surface area contributed by atoms with E-state index < -0.39 is 0 Å². The normalized spacial score (nSPS) is 12.3. The minimum absolute atomic E-state index is 0.0355. The molecule has 0 aromatic carbocycles. The average molecular weight is 243 g/mol. The highest BCUT2D eigenvalue weighted by Crippen LogP contribution is 2.08. The molecule has 0 fully saturated rings. The third-order valence-electron chi connectivity index (χ3n) is 2.89. The van der Waals surface area contributed by atoms with Gasteiger partial charge in [0.1, 0.15) is 0 Å². The maximum atomic E-state index is 11.5. The van der Waals surface area contributed by atoms with Gasteiger partial charge in [-0.05, 0) is 24.6 Å². The van der Waals surface area contributed by atoms with Crippen molar-refractivity contribution in [1.29, 1.82) is 0 Å². The Hall–Kier alpha value is -1.94. The molecule has 0 aliphatic heterocycles. The first-order valence-electron chi connectivity index (χ1n) is 6.06. The smallest absolute Gasteiger partial charge is 0.250 e.